The zero-order chi connectivity index (χ0) is 22.5. The number of nitrogens with one attached hydrogen (secondary N) is 1. The first-order valence-corrected chi connectivity index (χ1v) is 11.3. The number of unbranched alkanes of at least 4 members (excludes halogenated alkanes) is 3. The Bertz CT molecular complexity index is 1210. The average molecular weight is 435 g/mol. The van der Waals surface area contributed by atoms with E-state index in [9.17, 15) is 4.79 Å². The van der Waals surface area contributed by atoms with Crippen LogP contribution in [0, 0.1) is 0 Å². The fourth-order valence-corrected chi connectivity index (χ4v) is 4.03. The normalized spacial score (nSPS) is 12.3. The molecule has 4 rings (SSSR count). The predicted molar refractivity (Wildman–Crippen MR) is 125 cm³/mol. The summed E-state index contributed by atoms with van der Waals surface area (Å²) in [6.07, 6.45) is 12.4. The van der Waals surface area contributed by atoms with Gasteiger partial charge in [0.15, 0.2) is 11.5 Å². The van der Waals surface area contributed by atoms with Crippen LogP contribution in [0.1, 0.15) is 68.8 Å². The number of imidazole rings is 1. The Morgan fingerprint density at radius 3 is 2.88 bits per heavy atom. The molecule has 8 nitrogen and oxygen atoms in total. The molecular formula is C24H30N6O2. The molecule has 8 heteroatoms. The van der Waals surface area contributed by atoms with Crippen LogP contribution < -0.4 is 10.1 Å². The molecule has 0 radical (unpaired) electrons. The van der Waals surface area contributed by atoms with Gasteiger partial charge in [-0.05, 0) is 31.0 Å². The molecule has 0 saturated carbocycles. The molecular weight excluding hydrogens is 404 g/mol. The number of fused-ring (bicyclic) bond motifs is 2. The van der Waals surface area contributed by atoms with Crippen LogP contribution in [0.2, 0.25) is 0 Å². The number of carbonyl (C=O) groups is 1. The fraction of sp³-hybridized carbons (Fsp3) is 0.417. The Morgan fingerprint density at radius 2 is 2.09 bits per heavy atom. The number of benzene rings is 1. The summed E-state index contributed by atoms with van der Waals surface area (Å²) in [5.41, 5.74) is 1.93. The molecule has 1 atom stereocenters. The SMILES string of the molecule is CCCCCCC(CC)n1cc2cc(C(=O)Nc3cnc4cccnn34)c(OC)cc2n1. The summed E-state index contributed by atoms with van der Waals surface area (Å²) >= 11 is 0. The summed E-state index contributed by atoms with van der Waals surface area (Å²) in [6.45, 7) is 4.42. The number of aromatic nitrogens is 5. The van der Waals surface area contributed by atoms with E-state index < -0.39 is 0 Å². The van der Waals surface area contributed by atoms with Gasteiger partial charge in [0.25, 0.3) is 5.91 Å². The van der Waals surface area contributed by atoms with Crippen molar-refractivity contribution in [2.24, 2.45) is 0 Å². The Hall–Kier alpha value is -3.42. The molecule has 4 aromatic rings. The molecule has 0 bridgehead atoms. The number of rotatable bonds is 10. The van der Waals surface area contributed by atoms with Crippen molar-refractivity contribution in [2.45, 2.75) is 58.4 Å². The van der Waals surface area contributed by atoms with E-state index in [1.807, 2.05) is 29.1 Å². The second-order valence-electron chi connectivity index (χ2n) is 8.02. The van der Waals surface area contributed by atoms with Gasteiger partial charge in [-0.25, -0.2) is 4.98 Å². The maximum absolute atomic E-state index is 13.1. The highest BCUT2D eigenvalue weighted by Crippen LogP contribution is 2.29. The van der Waals surface area contributed by atoms with Gasteiger partial charge < -0.3 is 10.1 Å². The van der Waals surface area contributed by atoms with Crippen LogP contribution in [0.5, 0.6) is 5.75 Å². The number of nitrogens with zero attached hydrogens (tertiary/aromatic N) is 5. The van der Waals surface area contributed by atoms with Crippen molar-refractivity contribution in [1.82, 2.24) is 24.4 Å². The molecule has 0 aliphatic heterocycles. The van der Waals surface area contributed by atoms with Gasteiger partial charge in [0, 0.05) is 23.8 Å². The van der Waals surface area contributed by atoms with Gasteiger partial charge in [-0.1, -0.05) is 39.5 Å². The number of amides is 1. The van der Waals surface area contributed by atoms with Crippen molar-refractivity contribution in [3.63, 3.8) is 0 Å². The number of methoxy groups -OCH3 is 1. The minimum absolute atomic E-state index is 0.282. The number of carbonyl (C=O) groups excluding carboxylic acids is 1. The van der Waals surface area contributed by atoms with Crippen LogP contribution in [0.4, 0.5) is 5.82 Å². The lowest BCUT2D eigenvalue weighted by atomic mass is 10.1. The highest BCUT2D eigenvalue weighted by Gasteiger charge is 2.19. The van der Waals surface area contributed by atoms with Gasteiger partial charge >= 0.3 is 0 Å². The van der Waals surface area contributed by atoms with Gasteiger partial charge in [-0.2, -0.15) is 14.7 Å². The van der Waals surface area contributed by atoms with E-state index in [0.29, 0.717) is 28.8 Å². The number of hydrogen-bond acceptors (Lipinski definition) is 5. The van der Waals surface area contributed by atoms with Crippen molar-refractivity contribution in [3.8, 4) is 5.75 Å². The first-order valence-electron chi connectivity index (χ1n) is 11.3. The van der Waals surface area contributed by atoms with Crippen LogP contribution in [-0.4, -0.2) is 37.4 Å². The first kappa shape index (κ1) is 21.8. The molecule has 168 valence electrons. The lowest BCUT2D eigenvalue weighted by Crippen LogP contribution is -2.15. The second kappa shape index (κ2) is 9.80. The molecule has 1 N–H and O–H groups in total. The minimum atomic E-state index is -0.282. The van der Waals surface area contributed by atoms with Crippen molar-refractivity contribution < 1.29 is 9.53 Å². The van der Waals surface area contributed by atoms with Crippen molar-refractivity contribution in [2.75, 3.05) is 12.4 Å². The smallest absolute Gasteiger partial charge is 0.260 e. The summed E-state index contributed by atoms with van der Waals surface area (Å²) in [6, 6.07) is 7.66. The first-order chi connectivity index (χ1) is 15.6. The molecule has 32 heavy (non-hydrogen) atoms. The van der Waals surface area contributed by atoms with E-state index in [0.717, 1.165) is 23.7 Å². The monoisotopic (exact) mass is 434 g/mol. The van der Waals surface area contributed by atoms with Crippen LogP contribution >= 0.6 is 0 Å². The van der Waals surface area contributed by atoms with E-state index in [-0.39, 0.29) is 5.91 Å². The Balaban J connectivity index is 1.59. The molecule has 1 aromatic carbocycles. The Morgan fingerprint density at radius 1 is 1.22 bits per heavy atom. The lowest BCUT2D eigenvalue weighted by Gasteiger charge is -2.15. The van der Waals surface area contributed by atoms with E-state index in [1.54, 1.807) is 30.1 Å². The van der Waals surface area contributed by atoms with E-state index in [4.69, 9.17) is 9.84 Å². The Labute approximate surface area is 187 Å². The second-order valence-corrected chi connectivity index (χ2v) is 8.02. The average Bonchev–Trinajstić information content (AvgIpc) is 3.42. The van der Waals surface area contributed by atoms with Gasteiger partial charge in [0.05, 0.1) is 30.4 Å². The molecule has 1 amide bonds. The Kier molecular flexibility index (Phi) is 6.68. The van der Waals surface area contributed by atoms with Crippen LogP contribution in [0.25, 0.3) is 16.6 Å². The topological polar surface area (TPSA) is 86.3 Å². The summed E-state index contributed by atoms with van der Waals surface area (Å²) in [4.78, 5) is 17.4. The largest absolute Gasteiger partial charge is 0.496 e. The molecule has 0 spiro atoms. The van der Waals surface area contributed by atoms with Gasteiger partial charge in [-0.3, -0.25) is 9.48 Å². The third-order valence-corrected chi connectivity index (χ3v) is 5.84. The van der Waals surface area contributed by atoms with Crippen LogP contribution in [0.3, 0.4) is 0 Å². The third-order valence-electron chi connectivity index (χ3n) is 5.84. The molecule has 1 unspecified atom stereocenters. The van der Waals surface area contributed by atoms with Crippen molar-refractivity contribution >= 4 is 28.3 Å². The number of ether oxygens (including phenoxy) is 1. The van der Waals surface area contributed by atoms with Crippen LogP contribution in [0.15, 0.2) is 42.9 Å². The van der Waals surface area contributed by atoms with E-state index in [2.05, 4.69) is 29.2 Å². The van der Waals surface area contributed by atoms with Crippen molar-refractivity contribution in [3.05, 3.63) is 48.4 Å². The molecule has 0 fully saturated rings. The lowest BCUT2D eigenvalue weighted by molar-refractivity contribution is 0.102. The third kappa shape index (κ3) is 4.44. The maximum Gasteiger partial charge on any atom is 0.260 e. The summed E-state index contributed by atoms with van der Waals surface area (Å²) in [5.74, 6) is 0.704. The van der Waals surface area contributed by atoms with E-state index in [1.165, 1.54) is 25.7 Å². The van der Waals surface area contributed by atoms with Gasteiger partial charge in [0.2, 0.25) is 0 Å². The molecule has 3 aromatic heterocycles. The summed E-state index contributed by atoms with van der Waals surface area (Å²) < 4.78 is 9.16. The molecule has 3 heterocycles. The van der Waals surface area contributed by atoms with Gasteiger partial charge in [-0.15, -0.1) is 0 Å². The van der Waals surface area contributed by atoms with Crippen molar-refractivity contribution in [1.29, 1.82) is 0 Å². The quantitative estimate of drug-likeness (QED) is 0.344. The molecule has 0 saturated heterocycles. The van der Waals surface area contributed by atoms with Crippen LogP contribution in [-0.2, 0) is 0 Å². The summed E-state index contributed by atoms with van der Waals surface area (Å²) in [7, 11) is 1.56. The van der Waals surface area contributed by atoms with Gasteiger partial charge in [0.1, 0.15) is 5.75 Å². The highest BCUT2D eigenvalue weighted by molar-refractivity contribution is 6.08. The zero-order valence-corrected chi connectivity index (χ0v) is 18.9. The zero-order valence-electron chi connectivity index (χ0n) is 18.9. The minimum Gasteiger partial charge on any atom is -0.496 e. The maximum atomic E-state index is 13.1. The van der Waals surface area contributed by atoms with E-state index >= 15 is 0 Å². The molecule has 0 aliphatic rings. The number of hydrogen-bond donors (Lipinski definition) is 1. The molecule has 0 aliphatic carbocycles. The number of anilines is 1. The summed E-state index contributed by atoms with van der Waals surface area (Å²) in [5, 5.41) is 12.8. The highest BCUT2D eigenvalue weighted by atomic mass is 16.5. The predicted octanol–water partition coefficient (Wildman–Crippen LogP) is 5.26. The fourth-order valence-electron chi connectivity index (χ4n) is 4.03. The standard InChI is InChI=1S/C24H30N6O2/c1-4-6-7-8-10-18(5-2)29-16-17-13-19(21(32-3)14-20(17)28-29)24(31)27-23-15-25-22-11-9-12-26-30(22)23/h9,11-16,18H,4-8,10H2,1-3H3,(H,27,31).